The number of aliphatic hydroxyl groups is 1. The molecule has 3 aromatic carbocycles. The Hall–Kier alpha value is -3.01. The highest BCUT2D eigenvalue weighted by atomic mass is 31.2. The number of rotatable bonds is 15. The van der Waals surface area contributed by atoms with Crippen LogP contribution in [0.3, 0.4) is 0 Å². The fourth-order valence-corrected chi connectivity index (χ4v) is 6.04. The van der Waals surface area contributed by atoms with Gasteiger partial charge in [-0.15, -0.1) is 0 Å². The minimum atomic E-state index is -5.48. The van der Waals surface area contributed by atoms with Crippen LogP contribution in [0.25, 0.3) is 0 Å². The van der Waals surface area contributed by atoms with Crippen molar-refractivity contribution in [2.45, 2.75) is 44.0 Å². The molecule has 0 saturated heterocycles. The van der Waals surface area contributed by atoms with Crippen LogP contribution in [0.4, 0.5) is 0 Å². The van der Waals surface area contributed by atoms with E-state index in [0.29, 0.717) is 30.1 Å². The van der Waals surface area contributed by atoms with E-state index in [9.17, 15) is 38.6 Å². The molecular formula is C27H33NO10P2. The largest absolute Gasteiger partial charge is 0.485 e. The van der Waals surface area contributed by atoms with Gasteiger partial charge < -0.3 is 39.5 Å². The van der Waals surface area contributed by atoms with Gasteiger partial charge in [-0.1, -0.05) is 67.1 Å². The van der Waals surface area contributed by atoms with Gasteiger partial charge in [0.25, 0.3) is 11.0 Å². The first-order valence-corrected chi connectivity index (χ1v) is 15.7. The molecule has 0 radical (unpaired) electrons. The summed E-state index contributed by atoms with van der Waals surface area (Å²) in [6.07, 6.45) is -0.268. The molecule has 0 bridgehead atoms. The van der Waals surface area contributed by atoms with E-state index in [1.807, 2.05) is 60.7 Å². The van der Waals surface area contributed by atoms with E-state index in [1.165, 1.54) is 0 Å². The Labute approximate surface area is 232 Å². The maximum atomic E-state index is 12.8. The zero-order valence-electron chi connectivity index (χ0n) is 21.6. The molecule has 1 amide bonds. The molecule has 6 N–H and O–H groups in total. The molecule has 0 aromatic heterocycles. The van der Waals surface area contributed by atoms with Gasteiger partial charge >= 0.3 is 15.2 Å². The third-order valence-electron chi connectivity index (χ3n) is 6.09. The van der Waals surface area contributed by atoms with Gasteiger partial charge in [0.05, 0.1) is 0 Å². The minimum Gasteiger partial charge on any atom is -0.485 e. The molecular weight excluding hydrogens is 560 g/mol. The highest BCUT2D eigenvalue weighted by Gasteiger charge is 2.58. The predicted molar refractivity (Wildman–Crippen MR) is 148 cm³/mol. The Morgan fingerprint density at radius 1 is 0.725 bits per heavy atom. The molecule has 40 heavy (non-hydrogen) atoms. The molecule has 0 unspecified atom stereocenters. The maximum absolute atomic E-state index is 12.8. The van der Waals surface area contributed by atoms with Crippen molar-refractivity contribution in [1.29, 1.82) is 0 Å². The normalized spacial score (nSPS) is 12.1. The van der Waals surface area contributed by atoms with Crippen LogP contribution >= 0.6 is 15.2 Å². The van der Waals surface area contributed by atoms with Gasteiger partial charge in [-0.25, -0.2) is 0 Å². The van der Waals surface area contributed by atoms with Gasteiger partial charge in [-0.05, 0) is 48.6 Å². The van der Waals surface area contributed by atoms with Crippen LogP contribution in [0.5, 0.6) is 11.5 Å². The van der Waals surface area contributed by atoms with Crippen LogP contribution < -0.4 is 14.8 Å². The second-order valence-corrected chi connectivity index (χ2v) is 13.1. The summed E-state index contributed by atoms with van der Waals surface area (Å²) in [7, 11) is -11.0. The molecule has 0 spiro atoms. The predicted octanol–water partition coefficient (Wildman–Crippen LogP) is 4.14. The molecule has 216 valence electrons. The van der Waals surface area contributed by atoms with Crippen molar-refractivity contribution in [2.75, 3.05) is 6.54 Å². The molecule has 0 fully saturated rings. The highest BCUT2D eigenvalue weighted by Crippen LogP contribution is 2.69. The number of carbonyl (C=O) groups is 1. The first-order valence-electron chi connectivity index (χ1n) is 12.5. The zero-order chi connectivity index (χ0) is 29.2. The SMILES string of the molecule is O=C(NCCCCCC(O)(P(=O)(O)O)P(=O)(O)O)c1ccc(OCc2ccccc2)c(OCc2ccccc2)c1. The summed E-state index contributed by atoms with van der Waals surface area (Å²) in [5.41, 5.74) is 2.24. The van der Waals surface area contributed by atoms with Gasteiger partial charge in [0.1, 0.15) is 13.2 Å². The Balaban J connectivity index is 1.58. The first kappa shape index (κ1) is 31.5. The summed E-state index contributed by atoms with van der Waals surface area (Å²) < 4.78 is 34.8. The second-order valence-electron chi connectivity index (χ2n) is 9.14. The summed E-state index contributed by atoms with van der Waals surface area (Å²) in [4.78, 5) is 49.6. The van der Waals surface area contributed by atoms with Crippen LogP contribution in [0, 0.1) is 0 Å². The van der Waals surface area contributed by atoms with E-state index in [-0.39, 0.29) is 31.9 Å². The van der Waals surface area contributed by atoms with E-state index in [1.54, 1.807) is 18.2 Å². The van der Waals surface area contributed by atoms with Crippen LogP contribution in [-0.4, -0.2) is 42.2 Å². The Morgan fingerprint density at radius 2 is 1.25 bits per heavy atom. The Morgan fingerprint density at radius 3 is 1.77 bits per heavy atom. The summed E-state index contributed by atoms with van der Waals surface area (Å²) in [5.74, 6) is 0.474. The van der Waals surface area contributed by atoms with Crippen molar-refractivity contribution in [1.82, 2.24) is 5.32 Å². The summed E-state index contributed by atoms with van der Waals surface area (Å²) >= 11 is 0. The van der Waals surface area contributed by atoms with Crippen molar-refractivity contribution >= 4 is 21.1 Å². The molecule has 0 atom stereocenters. The number of nitrogens with one attached hydrogen (secondary N) is 1. The topological polar surface area (TPSA) is 183 Å². The summed E-state index contributed by atoms with van der Waals surface area (Å²) in [6.45, 7) is 0.770. The van der Waals surface area contributed by atoms with Gasteiger partial charge in [-0.3, -0.25) is 13.9 Å². The van der Waals surface area contributed by atoms with Crippen molar-refractivity contribution in [3.05, 3.63) is 95.6 Å². The van der Waals surface area contributed by atoms with Crippen molar-refractivity contribution in [2.24, 2.45) is 0 Å². The van der Waals surface area contributed by atoms with Gasteiger partial charge in [0, 0.05) is 12.1 Å². The Bertz CT molecular complexity index is 1320. The highest BCUT2D eigenvalue weighted by molar-refractivity contribution is 7.72. The maximum Gasteiger partial charge on any atom is 0.369 e. The first-order chi connectivity index (χ1) is 18.9. The van der Waals surface area contributed by atoms with Gasteiger partial charge in [0.15, 0.2) is 11.5 Å². The van der Waals surface area contributed by atoms with Crippen molar-refractivity contribution in [3.63, 3.8) is 0 Å². The lowest BCUT2D eigenvalue weighted by Crippen LogP contribution is -2.28. The lowest BCUT2D eigenvalue weighted by atomic mass is 10.1. The summed E-state index contributed by atoms with van der Waals surface area (Å²) in [6, 6.07) is 24.0. The monoisotopic (exact) mass is 593 g/mol. The molecule has 0 aliphatic carbocycles. The van der Waals surface area contributed by atoms with Gasteiger partial charge in [0.2, 0.25) is 0 Å². The van der Waals surface area contributed by atoms with Crippen molar-refractivity contribution < 1.29 is 48.1 Å². The fraction of sp³-hybridized carbons (Fsp3) is 0.296. The van der Waals surface area contributed by atoms with E-state index < -0.39 is 26.7 Å². The number of benzene rings is 3. The quantitative estimate of drug-likeness (QED) is 0.111. The van der Waals surface area contributed by atoms with E-state index in [4.69, 9.17) is 9.47 Å². The standard InChI is InChI=1S/C27H33NO10P2/c29-26(28-17-9-3-8-16-27(30,39(31,32)33)40(34,35)36)23-14-15-24(37-19-21-10-4-1-5-11-21)25(18-23)38-20-22-12-6-2-7-13-22/h1-2,4-7,10-15,18,30H,3,8-9,16-17,19-20H2,(H,28,29)(H2,31,32,33)(H2,34,35,36). The average molecular weight is 594 g/mol. The lowest BCUT2D eigenvalue weighted by molar-refractivity contribution is 0.0952. The molecule has 11 nitrogen and oxygen atoms in total. The van der Waals surface area contributed by atoms with Crippen LogP contribution in [0.1, 0.15) is 47.2 Å². The molecule has 0 saturated carbocycles. The molecule has 3 rings (SSSR count). The summed E-state index contributed by atoms with van der Waals surface area (Å²) in [5, 5.41) is 9.23. The zero-order valence-corrected chi connectivity index (χ0v) is 23.4. The molecule has 3 aromatic rings. The number of amides is 1. The lowest BCUT2D eigenvalue weighted by Gasteiger charge is -2.29. The number of carbonyl (C=O) groups excluding carboxylic acids is 1. The van der Waals surface area contributed by atoms with Crippen LogP contribution in [0.2, 0.25) is 0 Å². The average Bonchev–Trinajstić information content (AvgIpc) is 2.92. The van der Waals surface area contributed by atoms with E-state index >= 15 is 0 Å². The second kappa shape index (κ2) is 14.1. The molecule has 0 heterocycles. The number of unbranched alkanes of at least 4 members (excludes halogenated alkanes) is 2. The third kappa shape index (κ3) is 8.74. The molecule has 0 aliphatic rings. The minimum absolute atomic E-state index is 0.0759. The smallest absolute Gasteiger partial charge is 0.369 e. The van der Waals surface area contributed by atoms with Crippen LogP contribution in [-0.2, 0) is 22.3 Å². The Kier molecular flexibility index (Phi) is 11.1. The molecule has 0 aliphatic heterocycles. The fourth-order valence-electron chi connectivity index (χ4n) is 3.78. The van der Waals surface area contributed by atoms with Crippen molar-refractivity contribution in [3.8, 4) is 11.5 Å². The molecule has 13 heteroatoms. The van der Waals surface area contributed by atoms with E-state index in [2.05, 4.69) is 5.32 Å². The van der Waals surface area contributed by atoms with E-state index in [0.717, 1.165) is 11.1 Å². The number of hydrogen-bond donors (Lipinski definition) is 6. The van der Waals surface area contributed by atoms with Gasteiger partial charge in [-0.2, -0.15) is 0 Å². The third-order valence-corrected chi connectivity index (χ3v) is 9.96. The number of hydrogen-bond acceptors (Lipinski definition) is 6. The van der Waals surface area contributed by atoms with Crippen LogP contribution in [0.15, 0.2) is 78.9 Å². The number of ether oxygens (including phenoxy) is 2.